The smallest absolute Gasteiger partial charge is 0.328 e. The normalized spacial score (nSPS) is 20.5. The minimum absolute atomic E-state index is 0.00621. The summed E-state index contributed by atoms with van der Waals surface area (Å²) in [6.45, 7) is 6.13. The summed E-state index contributed by atoms with van der Waals surface area (Å²) in [5.41, 5.74) is 5.73. The lowest BCUT2D eigenvalue weighted by Crippen LogP contribution is -2.67. The highest BCUT2D eigenvalue weighted by Gasteiger charge is 2.44. The van der Waals surface area contributed by atoms with E-state index in [0.717, 1.165) is 12.0 Å². The van der Waals surface area contributed by atoms with Crippen LogP contribution in [-0.4, -0.2) is 130 Å². The van der Waals surface area contributed by atoms with Gasteiger partial charge in [0, 0.05) is 34.2 Å². The third kappa shape index (κ3) is 9.99. The van der Waals surface area contributed by atoms with Crippen molar-refractivity contribution in [1.82, 2.24) is 20.4 Å². The summed E-state index contributed by atoms with van der Waals surface area (Å²) in [6, 6.07) is 7.59. The first-order chi connectivity index (χ1) is 23.3. The number of ether oxygens (including phenoxy) is 4. The van der Waals surface area contributed by atoms with Gasteiger partial charge in [-0.2, -0.15) is 0 Å². The van der Waals surface area contributed by atoms with Crippen LogP contribution in [0.2, 0.25) is 0 Å². The molecule has 1 aromatic carbocycles. The van der Waals surface area contributed by atoms with Gasteiger partial charge in [0.25, 0.3) is 0 Å². The number of likely N-dealkylation sites (tertiary alicyclic amines) is 1. The number of nitrogens with one attached hydrogen (secondary N) is 2. The maximum atomic E-state index is 14.0. The molecule has 274 valence electrons. The van der Waals surface area contributed by atoms with Crippen LogP contribution in [-0.2, 0) is 49.3 Å². The fourth-order valence-electron chi connectivity index (χ4n) is 6.72. The van der Waals surface area contributed by atoms with Crippen LogP contribution in [0.3, 0.4) is 0 Å². The molecule has 2 heterocycles. The maximum absolute atomic E-state index is 14.0. The van der Waals surface area contributed by atoms with E-state index < -0.39 is 53.7 Å². The van der Waals surface area contributed by atoms with Gasteiger partial charge in [-0.3, -0.25) is 19.2 Å². The first-order valence-corrected chi connectivity index (χ1v) is 17.0. The Balaban J connectivity index is 1.70. The van der Waals surface area contributed by atoms with Gasteiger partial charge in [0.15, 0.2) is 0 Å². The van der Waals surface area contributed by atoms with E-state index in [-0.39, 0.29) is 56.2 Å². The van der Waals surface area contributed by atoms with Crippen LogP contribution in [0.25, 0.3) is 0 Å². The molecule has 3 rings (SSSR count). The zero-order valence-corrected chi connectivity index (χ0v) is 29.9. The van der Waals surface area contributed by atoms with Gasteiger partial charge in [-0.25, -0.2) is 4.79 Å². The molecule has 0 bridgehead atoms. The van der Waals surface area contributed by atoms with Crippen LogP contribution in [0.1, 0.15) is 52.0 Å². The number of esters is 1. The summed E-state index contributed by atoms with van der Waals surface area (Å²) in [5.74, 6) is -2.65. The minimum Gasteiger partial charge on any atom is -0.467 e. The average Bonchev–Trinajstić information content (AvgIpc) is 3.58. The van der Waals surface area contributed by atoms with Gasteiger partial charge in [-0.1, -0.05) is 57.5 Å². The van der Waals surface area contributed by atoms with Crippen molar-refractivity contribution in [3.05, 3.63) is 35.9 Å². The zero-order valence-electron chi connectivity index (χ0n) is 29.9. The number of hydrogen-bond acceptors (Lipinski definition) is 10. The molecule has 0 spiro atoms. The molecule has 2 aliphatic heterocycles. The standard InChI is InChI=1S/C35H55N5O9/c1-8-22(2)30(39(4)29(42)19-37-34(45)35(36)20-49-21-35)27(46-5)18-28(41)40-16-12-15-26(40)31(47-6)23(3)32(43)38-25(33(44)48-7)17-24-13-10-9-11-14-24/h9-11,13-14,22-23,25-27,30-31H,8,12,15-21,36H2,1-7H3,(H,37,45)(H,38,43)/t22-,23+,25-,26-,27+,30-,31+/m0/s1. The van der Waals surface area contributed by atoms with E-state index in [2.05, 4.69) is 10.6 Å². The lowest BCUT2D eigenvalue weighted by atomic mass is 9.90. The van der Waals surface area contributed by atoms with Crippen LogP contribution in [0.4, 0.5) is 0 Å². The number of likely N-dealkylation sites (N-methyl/N-ethyl adjacent to an activating group) is 1. The summed E-state index contributed by atoms with van der Waals surface area (Å²) < 4.78 is 21.7. The Morgan fingerprint density at radius 1 is 1.08 bits per heavy atom. The van der Waals surface area contributed by atoms with Crippen LogP contribution >= 0.6 is 0 Å². The van der Waals surface area contributed by atoms with E-state index in [1.807, 2.05) is 44.2 Å². The van der Waals surface area contributed by atoms with E-state index in [4.69, 9.17) is 24.7 Å². The van der Waals surface area contributed by atoms with Crippen LogP contribution in [0.15, 0.2) is 30.3 Å². The van der Waals surface area contributed by atoms with E-state index >= 15 is 0 Å². The Labute approximate surface area is 289 Å². The molecule has 2 fully saturated rings. The average molecular weight is 690 g/mol. The van der Waals surface area contributed by atoms with Crippen molar-refractivity contribution < 1.29 is 42.9 Å². The number of rotatable bonds is 18. The number of amides is 4. The second kappa shape index (κ2) is 18.4. The molecule has 0 aromatic heterocycles. The highest BCUT2D eigenvalue weighted by molar-refractivity contribution is 5.91. The molecule has 1 aromatic rings. The van der Waals surface area contributed by atoms with Gasteiger partial charge >= 0.3 is 5.97 Å². The highest BCUT2D eigenvalue weighted by Crippen LogP contribution is 2.29. The Kier molecular flexibility index (Phi) is 15.0. The zero-order chi connectivity index (χ0) is 36.3. The lowest BCUT2D eigenvalue weighted by molar-refractivity contribution is -0.148. The summed E-state index contributed by atoms with van der Waals surface area (Å²) in [7, 11) is 5.95. The number of nitrogens with two attached hydrogens (primary N) is 1. The minimum atomic E-state index is -1.13. The molecule has 49 heavy (non-hydrogen) atoms. The Hall–Kier alpha value is -3.59. The van der Waals surface area contributed by atoms with Crippen LogP contribution in [0, 0.1) is 11.8 Å². The van der Waals surface area contributed by atoms with E-state index in [0.29, 0.717) is 19.4 Å². The Morgan fingerprint density at radius 3 is 2.31 bits per heavy atom. The quantitative estimate of drug-likeness (QED) is 0.185. The number of nitrogens with zero attached hydrogens (tertiary/aromatic N) is 2. The van der Waals surface area contributed by atoms with Crippen molar-refractivity contribution in [2.75, 3.05) is 54.7 Å². The van der Waals surface area contributed by atoms with Crippen molar-refractivity contribution in [3.63, 3.8) is 0 Å². The third-order valence-corrected chi connectivity index (χ3v) is 9.96. The third-order valence-electron chi connectivity index (χ3n) is 9.96. The first kappa shape index (κ1) is 39.8. The number of methoxy groups -OCH3 is 3. The molecule has 4 N–H and O–H groups in total. The molecule has 14 nitrogen and oxygen atoms in total. The predicted octanol–water partition coefficient (Wildman–Crippen LogP) is 0.651. The predicted molar refractivity (Wildman–Crippen MR) is 181 cm³/mol. The fraction of sp³-hybridized carbons (Fsp3) is 0.686. The summed E-state index contributed by atoms with van der Waals surface area (Å²) >= 11 is 0. The molecule has 2 saturated heterocycles. The molecular formula is C35H55N5O9. The molecule has 0 saturated carbocycles. The number of carbonyl (C=O) groups excluding carboxylic acids is 5. The van der Waals surface area contributed by atoms with Gasteiger partial charge in [-0.05, 0) is 24.3 Å². The van der Waals surface area contributed by atoms with Crippen molar-refractivity contribution in [2.45, 2.75) is 88.7 Å². The molecule has 0 unspecified atom stereocenters. The summed E-state index contributed by atoms with van der Waals surface area (Å²) in [4.78, 5) is 69.1. The summed E-state index contributed by atoms with van der Waals surface area (Å²) in [6.07, 6.45) is 1.04. The summed E-state index contributed by atoms with van der Waals surface area (Å²) in [5, 5.41) is 5.45. The van der Waals surface area contributed by atoms with E-state index in [9.17, 15) is 24.0 Å². The Bertz CT molecular complexity index is 1280. The van der Waals surface area contributed by atoms with Gasteiger partial charge < -0.3 is 45.1 Å². The maximum Gasteiger partial charge on any atom is 0.328 e. The largest absolute Gasteiger partial charge is 0.467 e. The molecule has 2 aliphatic rings. The number of carbonyl (C=O) groups is 5. The molecule has 4 amide bonds. The van der Waals surface area contributed by atoms with Gasteiger partial charge in [-0.15, -0.1) is 0 Å². The fourth-order valence-corrected chi connectivity index (χ4v) is 6.72. The second-order valence-corrected chi connectivity index (χ2v) is 13.3. The number of benzene rings is 1. The van der Waals surface area contributed by atoms with E-state index in [1.165, 1.54) is 26.2 Å². The molecule has 0 radical (unpaired) electrons. The second-order valence-electron chi connectivity index (χ2n) is 13.3. The van der Waals surface area contributed by atoms with Crippen molar-refractivity contribution >= 4 is 29.6 Å². The van der Waals surface area contributed by atoms with Gasteiger partial charge in [0.2, 0.25) is 23.6 Å². The SMILES string of the molecule is CC[C@H](C)[C@@H]([C@@H](CC(=O)N1CCC[C@H]1[C@H](OC)[C@@H](C)C(=O)N[C@@H](Cc1ccccc1)C(=O)OC)OC)N(C)C(=O)CNC(=O)C1(N)COC1. The van der Waals surface area contributed by atoms with E-state index in [1.54, 1.807) is 18.9 Å². The highest BCUT2D eigenvalue weighted by atomic mass is 16.5. The monoisotopic (exact) mass is 689 g/mol. The molecule has 0 aliphatic carbocycles. The number of hydrogen-bond donors (Lipinski definition) is 3. The molecular weight excluding hydrogens is 634 g/mol. The lowest BCUT2D eigenvalue weighted by Gasteiger charge is -2.39. The van der Waals surface area contributed by atoms with Crippen LogP contribution < -0.4 is 16.4 Å². The molecule has 14 heteroatoms. The first-order valence-electron chi connectivity index (χ1n) is 17.0. The Morgan fingerprint density at radius 2 is 1.76 bits per heavy atom. The topological polar surface area (TPSA) is 179 Å². The van der Waals surface area contributed by atoms with Crippen molar-refractivity contribution in [1.29, 1.82) is 0 Å². The van der Waals surface area contributed by atoms with Gasteiger partial charge in [0.1, 0.15) is 11.6 Å². The van der Waals surface area contributed by atoms with Crippen LogP contribution in [0.5, 0.6) is 0 Å². The van der Waals surface area contributed by atoms with Gasteiger partial charge in [0.05, 0.1) is 63.5 Å². The van der Waals surface area contributed by atoms with Crippen molar-refractivity contribution in [3.8, 4) is 0 Å². The molecule has 7 atom stereocenters. The van der Waals surface area contributed by atoms with Crippen molar-refractivity contribution in [2.24, 2.45) is 17.6 Å².